The molecule has 3 aromatic carbocycles. The van der Waals surface area contributed by atoms with E-state index in [1.807, 2.05) is 36.4 Å². The molecular weight excluding hydrogens is 372 g/mol. The van der Waals surface area contributed by atoms with Crippen LogP contribution in [0, 0.1) is 0 Å². The number of nitrogens with zero attached hydrogens (tertiary/aromatic N) is 1. The van der Waals surface area contributed by atoms with Gasteiger partial charge in [0.1, 0.15) is 5.71 Å². The fourth-order valence-electron chi connectivity index (χ4n) is 2.88. The molecule has 4 nitrogen and oxygen atoms in total. The third kappa shape index (κ3) is 3.77. The van der Waals surface area contributed by atoms with Crippen LogP contribution in [-0.4, -0.2) is 17.4 Å². The lowest BCUT2D eigenvalue weighted by molar-refractivity contribution is -0.110. The van der Waals surface area contributed by atoms with E-state index in [1.165, 1.54) is 6.08 Å². The van der Waals surface area contributed by atoms with Crippen molar-refractivity contribution in [3.05, 3.63) is 101 Å². The number of allylic oxidation sites excluding steroid dienone is 1. The molecule has 3 aromatic rings. The first-order chi connectivity index (χ1) is 13.6. The quantitative estimate of drug-likeness (QED) is 0.488. The Bertz CT molecular complexity index is 1110. The Morgan fingerprint density at radius 1 is 0.929 bits per heavy atom. The van der Waals surface area contributed by atoms with E-state index in [0.717, 1.165) is 16.8 Å². The van der Waals surface area contributed by atoms with Crippen LogP contribution in [0.5, 0.6) is 0 Å². The van der Waals surface area contributed by atoms with Gasteiger partial charge in [-0.25, -0.2) is 4.99 Å². The largest absolute Gasteiger partial charge is 0.320 e. The van der Waals surface area contributed by atoms with Gasteiger partial charge < -0.3 is 5.32 Å². The first-order valence-corrected chi connectivity index (χ1v) is 9.05. The highest BCUT2D eigenvalue weighted by atomic mass is 35.5. The van der Waals surface area contributed by atoms with E-state index in [2.05, 4.69) is 10.3 Å². The molecule has 1 aliphatic heterocycles. The maximum absolute atomic E-state index is 12.3. The highest BCUT2D eigenvalue weighted by Gasteiger charge is 2.25. The minimum Gasteiger partial charge on any atom is -0.320 e. The van der Waals surface area contributed by atoms with Crippen molar-refractivity contribution >= 4 is 46.5 Å². The fourth-order valence-corrected chi connectivity index (χ4v) is 3.01. The van der Waals surface area contributed by atoms with E-state index in [-0.39, 0.29) is 11.7 Å². The number of ketones is 1. The van der Waals surface area contributed by atoms with Gasteiger partial charge >= 0.3 is 0 Å². The highest BCUT2D eigenvalue weighted by molar-refractivity contribution is 6.54. The molecule has 136 valence electrons. The van der Waals surface area contributed by atoms with Gasteiger partial charge in [0.15, 0.2) is 5.78 Å². The summed E-state index contributed by atoms with van der Waals surface area (Å²) in [7, 11) is 0. The van der Waals surface area contributed by atoms with Crippen LogP contribution in [0.15, 0.2) is 83.9 Å². The Balaban J connectivity index is 1.52. The van der Waals surface area contributed by atoms with Gasteiger partial charge in [-0.05, 0) is 54.1 Å². The number of aliphatic imine (C=N–C) groups is 1. The number of carbonyl (C=O) groups excluding carboxylic acids is 2. The summed E-state index contributed by atoms with van der Waals surface area (Å²) in [5.74, 6) is -0.342. The molecule has 28 heavy (non-hydrogen) atoms. The molecular formula is C23H15ClN2O2. The summed E-state index contributed by atoms with van der Waals surface area (Å²) in [5, 5.41) is 3.44. The summed E-state index contributed by atoms with van der Waals surface area (Å²) >= 11 is 5.86. The van der Waals surface area contributed by atoms with E-state index >= 15 is 0 Å². The fraction of sp³-hybridized carbons (Fsp3) is 0. The molecule has 1 heterocycles. The van der Waals surface area contributed by atoms with E-state index in [4.69, 9.17) is 11.6 Å². The average Bonchev–Trinajstić information content (AvgIpc) is 3.03. The Kier molecular flexibility index (Phi) is 4.87. The van der Waals surface area contributed by atoms with Crippen LogP contribution < -0.4 is 5.32 Å². The van der Waals surface area contributed by atoms with Crippen molar-refractivity contribution in [1.29, 1.82) is 0 Å². The summed E-state index contributed by atoms with van der Waals surface area (Å²) in [6, 6.07) is 21.5. The number of rotatable bonds is 4. The number of hydrogen-bond donors (Lipinski definition) is 1. The lowest BCUT2D eigenvalue weighted by Crippen LogP contribution is -2.13. The number of hydrogen-bond acceptors (Lipinski definition) is 3. The molecule has 1 N–H and O–H groups in total. The molecule has 5 heteroatoms. The number of carbonyl (C=O) groups is 2. The molecule has 0 saturated carbocycles. The summed E-state index contributed by atoms with van der Waals surface area (Å²) in [6.07, 6.45) is 3.26. The maximum Gasteiger partial charge on any atom is 0.275 e. The zero-order chi connectivity index (χ0) is 19.5. The molecule has 4 rings (SSSR count). The van der Waals surface area contributed by atoms with Crippen molar-refractivity contribution in [3.63, 3.8) is 0 Å². The Morgan fingerprint density at radius 3 is 2.39 bits per heavy atom. The first kappa shape index (κ1) is 17.9. The van der Waals surface area contributed by atoms with Crippen LogP contribution in [-0.2, 0) is 4.79 Å². The topological polar surface area (TPSA) is 58.5 Å². The monoisotopic (exact) mass is 386 g/mol. The minimum absolute atomic E-state index is 0.113. The Labute approximate surface area is 167 Å². The second-order valence-corrected chi connectivity index (χ2v) is 6.69. The van der Waals surface area contributed by atoms with Crippen LogP contribution in [0.2, 0.25) is 5.02 Å². The number of benzene rings is 3. The molecule has 0 fully saturated rings. The number of fused-ring (bicyclic) bond motifs is 1. The normalized spacial score (nSPS) is 14.3. The molecule has 0 spiro atoms. The van der Waals surface area contributed by atoms with E-state index in [0.29, 0.717) is 22.0 Å². The summed E-state index contributed by atoms with van der Waals surface area (Å²) in [5.41, 5.74) is 3.96. The van der Waals surface area contributed by atoms with Crippen molar-refractivity contribution in [2.24, 2.45) is 4.99 Å². The second kappa shape index (κ2) is 7.62. The summed E-state index contributed by atoms with van der Waals surface area (Å²) in [6.45, 7) is 0. The first-order valence-electron chi connectivity index (χ1n) is 8.68. The second-order valence-electron chi connectivity index (χ2n) is 6.26. The SMILES string of the molecule is O=C1Nc2ccccc2C1=Nc1ccc(C(=O)/C=C/c2ccc(Cl)cc2)cc1. The molecule has 0 aromatic heterocycles. The lowest BCUT2D eigenvalue weighted by Gasteiger charge is -2.00. The van der Waals surface area contributed by atoms with Gasteiger partial charge in [-0.15, -0.1) is 0 Å². The number of para-hydroxylation sites is 1. The number of amides is 1. The van der Waals surface area contributed by atoms with Crippen LogP contribution in [0.25, 0.3) is 6.08 Å². The molecule has 0 bridgehead atoms. The molecule has 0 atom stereocenters. The average molecular weight is 387 g/mol. The van der Waals surface area contributed by atoms with Crippen molar-refractivity contribution in [3.8, 4) is 0 Å². The van der Waals surface area contributed by atoms with Crippen molar-refractivity contribution in [2.75, 3.05) is 5.32 Å². The molecule has 1 amide bonds. The van der Waals surface area contributed by atoms with Crippen molar-refractivity contribution in [2.45, 2.75) is 0 Å². The van der Waals surface area contributed by atoms with Gasteiger partial charge in [-0.1, -0.05) is 48.0 Å². The zero-order valence-corrected chi connectivity index (χ0v) is 15.5. The summed E-state index contributed by atoms with van der Waals surface area (Å²) < 4.78 is 0. The van der Waals surface area contributed by atoms with E-state index in [9.17, 15) is 9.59 Å². The van der Waals surface area contributed by atoms with Crippen LogP contribution in [0.3, 0.4) is 0 Å². The molecule has 0 aliphatic carbocycles. The number of anilines is 1. The maximum atomic E-state index is 12.3. The summed E-state index contributed by atoms with van der Waals surface area (Å²) in [4.78, 5) is 28.9. The van der Waals surface area contributed by atoms with Gasteiger partial charge in [0.05, 0.1) is 11.4 Å². The minimum atomic E-state index is -0.229. The predicted octanol–water partition coefficient (Wildman–Crippen LogP) is 5.31. The molecule has 1 aliphatic rings. The van der Waals surface area contributed by atoms with Crippen LogP contribution in [0.4, 0.5) is 11.4 Å². The third-order valence-electron chi connectivity index (χ3n) is 4.34. The zero-order valence-electron chi connectivity index (χ0n) is 14.7. The molecule has 0 radical (unpaired) electrons. The van der Waals surface area contributed by atoms with E-state index < -0.39 is 0 Å². The number of nitrogens with one attached hydrogen (secondary N) is 1. The van der Waals surface area contributed by atoms with Gasteiger partial charge in [-0.3, -0.25) is 9.59 Å². The van der Waals surface area contributed by atoms with E-state index in [1.54, 1.807) is 42.5 Å². The van der Waals surface area contributed by atoms with Crippen molar-refractivity contribution < 1.29 is 9.59 Å². The third-order valence-corrected chi connectivity index (χ3v) is 4.59. The van der Waals surface area contributed by atoms with Gasteiger partial charge in [0, 0.05) is 16.1 Å². The standard InChI is InChI=1S/C23H15ClN2O2/c24-17-10-5-15(6-11-17)7-14-21(27)16-8-12-18(13-9-16)25-22-19-3-1-2-4-20(19)26-23(22)28/h1-14H,(H,25,26,28)/b14-7+. The van der Waals surface area contributed by atoms with Gasteiger partial charge in [0.2, 0.25) is 0 Å². The van der Waals surface area contributed by atoms with Gasteiger partial charge in [-0.2, -0.15) is 0 Å². The molecule has 0 unspecified atom stereocenters. The Hall–Kier alpha value is -3.50. The highest BCUT2D eigenvalue weighted by Crippen LogP contribution is 2.25. The predicted molar refractivity (Wildman–Crippen MR) is 113 cm³/mol. The van der Waals surface area contributed by atoms with Crippen LogP contribution in [0.1, 0.15) is 21.5 Å². The smallest absolute Gasteiger partial charge is 0.275 e. The van der Waals surface area contributed by atoms with Gasteiger partial charge in [0.25, 0.3) is 5.91 Å². The van der Waals surface area contributed by atoms with Crippen molar-refractivity contribution in [1.82, 2.24) is 0 Å². The molecule has 0 saturated heterocycles. The Morgan fingerprint density at radius 2 is 1.64 bits per heavy atom. The van der Waals surface area contributed by atoms with Crippen LogP contribution >= 0.6 is 11.6 Å². The number of halogens is 1. The lowest BCUT2D eigenvalue weighted by atomic mass is 10.1.